The average molecular weight is 359 g/mol. The number of nitrogens with one attached hydrogen (secondary N) is 1. The molecule has 3 fully saturated rings. The molecular weight excluding hydrogens is 338 g/mol. The third-order valence-corrected chi connectivity index (χ3v) is 5.58. The maximum absolute atomic E-state index is 12.8. The highest BCUT2D eigenvalue weighted by Gasteiger charge is 2.47. The monoisotopic (exact) mass is 359 g/mol. The third-order valence-electron chi connectivity index (χ3n) is 5.58. The highest BCUT2D eigenvalue weighted by molar-refractivity contribution is 5.96. The van der Waals surface area contributed by atoms with Crippen LogP contribution in [-0.4, -0.2) is 45.9 Å². The first-order chi connectivity index (χ1) is 12.4. The van der Waals surface area contributed by atoms with Gasteiger partial charge in [-0.05, 0) is 49.7 Å². The number of carbonyl (C=O) groups excluding carboxylic acids is 1. The molecule has 0 radical (unpaired) electrons. The topological polar surface area (TPSA) is 113 Å². The molecule has 8 nitrogen and oxygen atoms in total. The minimum Gasteiger partial charge on any atom is -0.481 e. The predicted octanol–water partition coefficient (Wildman–Crippen LogP) is 2.35. The molecule has 1 amide bonds. The molecule has 2 N–H and O–H groups in total. The summed E-state index contributed by atoms with van der Waals surface area (Å²) in [6.45, 7) is 0.585. The van der Waals surface area contributed by atoms with Crippen molar-refractivity contribution in [1.29, 1.82) is 0 Å². The maximum atomic E-state index is 12.8. The summed E-state index contributed by atoms with van der Waals surface area (Å²) in [6.07, 6.45) is 4.02. The number of hydrogen-bond acceptors (Lipinski definition) is 5. The molecule has 1 aromatic carbocycles. The second-order valence-electron chi connectivity index (χ2n) is 7.56. The molecule has 0 aromatic heterocycles. The molecule has 2 saturated carbocycles. The van der Waals surface area contributed by atoms with Crippen molar-refractivity contribution in [3.8, 4) is 0 Å². The van der Waals surface area contributed by atoms with Gasteiger partial charge in [0.15, 0.2) is 0 Å². The lowest BCUT2D eigenvalue weighted by molar-refractivity contribution is -0.384. The van der Waals surface area contributed by atoms with Crippen molar-refractivity contribution in [1.82, 2.24) is 4.90 Å². The normalized spacial score (nSPS) is 25.2. The van der Waals surface area contributed by atoms with Gasteiger partial charge < -0.3 is 15.3 Å². The van der Waals surface area contributed by atoms with Gasteiger partial charge in [-0.3, -0.25) is 19.7 Å². The minimum atomic E-state index is -0.868. The largest absolute Gasteiger partial charge is 0.481 e. The van der Waals surface area contributed by atoms with Crippen LogP contribution in [0, 0.1) is 27.9 Å². The molecule has 2 atom stereocenters. The number of anilines is 1. The van der Waals surface area contributed by atoms with Crippen LogP contribution in [0.25, 0.3) is 0 Å². The van der Waals surface area contributed by atoms with E-state index < -0.39 is 16.8 Å². The first-order valence-corrected chi connectivity index (χ1v) is 9.01. The Hall–Kier alpha value is -2.64. The molecule has 1 aromatic rings. The number of nitro groups is 1. The summed E-state index contributed by atoms with van der Waals surface area (Å²) < 4.78 is 0. The van der Waals surface area contributed by atoms with E-state index >= 15 is 0 Å². The Kier molecular flexibility index (Phi) is 4.05. The van der Waals surface area contributed by atoms with Crippen molar-refractivity contribution in [3.63, 3.8) is 0 Å². The van der Waals surface area contributed by atoms with E-state index in [9.17, 15) is 24.8 Å². The zero-order chi connectivity index (χ0) is 18.4. The molecule has 4 rings (SSSR count). The summed E-state index contributed by atoms with van der Waals surface area (Å²) >= 11 is 0. The lowest BCUT2D eigenvalue weighted by atomic mass is 9.92. The van der Waals surface area contributed by atoms with Crippen molar-refractivity contribution >= 4 is 23.3 Å². The molecule has 138 valence electrons. The van der Waals surface area contributed by atoms with Crippen molar-refractivity contribution in [2.24, 2.45) is 17.8 Å². The molecule has 0 unspecified atom stereocenters. The number of carbonyl (C=O) groups is 2. The number of amides is 1. The summed E-state index contributed by atoms with van der Waals surface area (Å²) in [5.41, 5.74) is 0.545. The van der Waals surface area contributed by atoms with Crippen molar-refractivity contribution in [2.75, 3.05) is 18.4 Å². The Bertz CT molecular complexity index is 772. The number of nitro benzene ring substituents is 1. The predicted molar refractivity (Wildman–Crippen MR) is 93.0 cm³/mol. The number of likely N-dealkylation sites (tertiary alicyclic amines) is 1. The van der Waals surface area contributed by atoms with Crippen molar-refractivity contribution in [3.05, 3.63) is 33.9 Å². The van der Waals surface area contributed by atoms with Crippen LogP contribution in [0.4, 0.5) is 11.4 Å². The number of hydrogen-bond donors (Lipinski definition) is 2. The average Bonchev–Trinajstić information content (AvgIpc) is 3.54. The van der Waals surface area contributed by atoms with Gasteiger partial charge in [0.1, 0.15) is 5.69 Å². The van der Waals surface area contributed by atoms with Gasteiger partial charge in [-0.2, -0.15) is 0 Å². The van der Waals surface area contributed by atoms with Crippen LogP contribution in [0.5, 0.6) is 0 Å². The number of aliphatic carboxylic acids is 1. The Balaban J connectivity index is 1.54. The summed E-state index contributed by atoms with van der Waals surface area (Å²) in [5, 5.41) is 23.9. The van der Waals surface area contributed by atoms with Crippen LogP contribution in [-0.2, 0) is 4.79 Å². The van der Waals surface area contributed by atoms with Crippen LogP contribution in [0.15, 0.2) is 18.2 Å². The molecule has 8 heteroatoms. The van der Waals surface area contributed by atoms with E-state index in [1.807, 2.05) is 0 Å². The molecular formula is C18H21N3O5. The maximum Gasteiger partial charge on any atom is 0.308 e. The van der Waals surface area contributed by atoms with E-state index in [-0.39, 0.29) is 35.7 Å². The van der Waals surface area contributed by atoms with E-state index in [0.29, 0.717) is 18.2 Å². The number of rotatable bonds is 6. The molecule has 1 heterocycles. The Morgan fingerprint density at radius 3 is 2.50 bits per heavy atom. The summed E-state index contributed by atoms with van der Waals surface area (Å²) in [7, 11) is 0. The number of carboxylic acid groups (broad SMARTS) is 1. The Morgan fingerprint density at radius 2 is 1.92 bits per heavy atom. The zero-order valence-corrected chi connectivity index (χ0v) is 14.3. The molecule has 1 aliphatic heterocycles. The Morgan fingerprint density at radius 1 is 1.19 bits per heavy atom. The van der Waals surface area contributed by atoms with Gasteiger partial charge in [0.05, 0.1) is 10.8 Å². The standard InChI is InChI=1S/C18H21N3O5/c22-17(20-8-13(10-1-2-10)14(9-20)18(23)24)11-3-6-15(19-12-4-5-12)16(7-11)21(25)26/h3,6-7,10,12-14,19H,1-2,4-5,8-9H2,(H,23,24)/t13-,14+/m1/s1. The molecule has 0 spiro atoms. The van der Waals surface area contributed by atoms with Crippen LogP contribution in [0.3, 0.4) is 0 Å². The second-order valence-corrected chi connectivity index (χ2v) is 7.56. The fraction of sp³-hybridized carbons (Fsp3) is 0.556. The van der Waals surface area contributed by atoms with E-state index in [4.69, 9.17) is 0 Å². The van der Waals surface area contributed by atoms with Crippen molar-refractivity contribution < 1.29 is 19.6 Å². The number of nitrogens with zero attached hydrogens (tertiary/aromatic N) is 2. The molecule has 2 aliphatic carbocycles. The van der Waals surface area contributed by atoms with E-state index in [2.05, 4.69) is 5.32 Å². The van der Waals surface area contributed by atoms with Gasteiger partial charge in [0.2, 0.25) is 0 Å². The zero-order valence-electron chi connectivity index (χ0n) is 14.3. The molecule has 3 aliphatic rings. The highest BCUT2D eigenvalue weighted by atomic mass is 16.6. The lowest BCUT2D eigenvalue weighted by Gasteiger charge is -2.17. The first-order valence-electron chi connectivity index (χ1n) is 9.01. The first kappa shape index (κ1) is 16.8. The van der Waals surface area contributed by atoms with Gasteiger partial charge in [0, 0.05) is 30.8 Å². The van der Waals surface area contributed by atoms with Gasteiger partial charge >= 0.3 is 5.97 Å². The SMILES string of the molecule is O=C(O)[C@H]1CN(C(=O)c2ccc(NC3CC3)c([N+](=O)[O-])c2)C[C@@H]1C1CC1. The van der Waals surface area contributed by atoms with Crippen LogP contribution in [0.2, 0.25) is 0 Å². The highest BCUT2D eigenvalue weighted by Crippen LogP contribution is 2.44. The van der Waals surface area contributed by atoms with E-state index in [0.717, 1.165) is 25.7 Å². The molecule has 26 heavy (non-hydrogen) atoms. The summed E-state index contributed by atoms with van der Waals surface area (Å²) in [5.74, 6) is -1.37. The fourth-order valence-corrected chi connectivity index (χ4v) is 3.83. The van der Waals surface area contributed by atoms with Gasteiger partial charge in [-0.1, -0.05) is 0 Å². The number of benzene rings is 1. The van der Waals surface area contributed by atoms with Crippen LogP contribution < -0.4 is 5.32 Å². The fourth-order valence-electron chi connectivity index (χ4n) is 3.83. The summed E-state index contributed by atoms with van der Waals surface area (Å²) in [6, 6.07) is 4.73. The van der Waals surface area contributed by atoms with Crippen LogP contribution >= 0.6 is 0 Å². The quantitative estimate of drug-likeness (QED) is 0.595. The second kappa shape index (κ2) is 6.26. The summed E-state index contributed by atoms with van der Waals surface area (Å²) in [4.78, 5) is 36.7. The van der Waals surface area contributed by atoms with Gasteiger partial charge in [-0.25, -0.2) is 0 Å². The Labute approximate surface area is 150 Å². The van der Waals surface area contributed by atoms with E-state index in [1.165, 1.54) is 11.0 Å². The minimum absolute atomic E-state index is 0.0118. The van der Waals surface area contributed by atoms with Crippen molar-refractivity contribution in [2.45, 2.75) is 31.7 Å². The smallest absolute Gasteiger partial charge is 0.308 e. The number of carboxylic acids is 1. The lowest BCUT2D eigenvalue weighted by Crippen LogP contribution is -2.30. The van der Waals surface area contributed by atoms with Gasteiger partial charge in [-0.15, -0.1) is 0 Å². The van der Waals surface area contributed by atoms with E-state index in [1.54, 1.807) is 12.1 Å². The molecule has 0 bridgehead atoms. The molecule has 1 saturated heterocycles. The third kappa shape index (κ3) is 3.23. The van der Waals surface area contributed by atoms with Crippen LogP contribution in [0.1, 0.15) is 36.0 Å². The van der Waals surface area contributed by atoms with Gasteiger partial charge in [0.25, 0.3) is 11.6 Å².